The Balaban J connectivity index is 1.56. The van der Waals surface area contributed by atoms with Gasteiger partial charge in [0.1, 0.15) is 0 Å². The van der Waals surface area contributed by atoms with E-state index in [0.717, 1.165) is 19.0 Å². The van der Waals surface area contributed by atoms with Gasteiger partial charge in [-0.1, -0.05) is 44.2 Å². The van der Waals surface area contributed by atoms with Gasteiger partial charge in [-0.15, -0.1) is 11.3 Å². The van der Waals surface area contributed by atoms with E-state index < -0.39 is 0 Å². The Kier molecular flexibility index (Phi) is 3.95. The van der Waals surface area contributed by atoms with E-state index in [0.29, 0.717) is 0 Å². The lowest BCUT2D eigenvalue weighted by Gasteiger charge is -2.23. The molecule has 1 heterocycles. The molecular formula is C18H23NS. The van der Waals surface area contributed by atoms with E-state index in [2.05, 4.69) is 60.9 Å². The molecule has 1 fully saturated rings. The van der Waals surface area contributed by atoms with Gasteiger partial charge >= 0.3 is 0 Å². The van der Waals surface area contributed by atoms with Crippen LogP contribution in [0.4, 0.5) is 0 Å². The first kappa shape index (κ1) is 13.8. The zero-order valence-electron chi connectivity index (χ0n) is 12.4. The third-order valence-corrected chi connectivity index (χ3v) is 5.32. The molecule has 2 aromatic rings. The normalized spacial score (nSPS) is 15.5. The van der Waals surface area contributed by atoms with E-state index in [4.69, 9.17) is 0 Å². The summed E-state index contributed by atoms with van der Waals surface area (Å²) in [6.45, 7) is 6.61. The fourth-order valence-electron chi connectivity index (χ4n) is 2.64. The fourth-order valence-corrected chi connectivity index (χ4v) is 3.50. The van der Waals surface area contributed by atoms with E-state index in [1.165, 1.54) is 28.8 Å². The van der Waals surface area contributed by atoms with Crippen molar-refractivity contribution < 1.29 is 0 Å². The van der Waals surface area contributed by atoms with Crippen molar-refractivity contribution >= 4 is 11.3 Å². The third kappa shape index (κ3) is 3.31. The van der Waals surface area contributed by atoms with Gasteiger partial charge in [-0.3, -0.25) is 0 Å². The number of nitrogens with one attached hydrogen (secondary N) is 1. The Bertz CT molecular complexity index is 553. The van der Waals surface area contributed by atoms with Gasteiger partial charge in [0.15, 0.2) is 0 Å². The van der Waals surface area contributed by atoms with Crippen LogP contribution in [0.25, 0.3) is 0 Å². The van der Waals surface area contributed by atoms with Crippen molar-refractivity contribution in [1.29, 1.82) is 0 Å². The number of hydrogen-bond donors (Lipinski definition) is 1. The zero-order valence-corrected chi connectivity index (χ0v) is 13.2. The lowest BCUT2D eigenvalue weighted by atomic mass is 9.91. The molecule has 1 saturated carbocycles. The third-order valence-electron chi connectivity index (χ3n) is 4.08. The van der Waals surface area contributed by atoms with E-state index >= 15 is 0 Å². The second-order valence-corrected chi connectivity index (χ2v) is 7.43. The maximum absolute atomic E-state index is 3.62. The Morgan fingerprint density at radius 1 is 1.20 bits per heavy atom. The molecule has 1 nitrogen and oxygen atoms in total. The first-order valence-corrected chi connectivity index (χ1v) is 8.37. The Morgan fingerprint density at radius 2 is 2.05 bits per heavy atom. The van der Waals surface area contributed by atoms with Crippen molar-refractivity contribution in [2.45, 2.75) is 44.6 Å². The van der Waals surface area contributed by atoms with Crippen molar-refractivity contribution in [2.24, 2.45) is 0 Å². The van der Waals surface area contributed by atoms with Crippen molar-refractivity contribution in [3.8, 4) is 0 Å². The van der Waals surface area contributed by atoms with Crippen molar-refractivity contribution in [3.63, 3.8) is 0 Å². The lowest BCUT2D eigenvalue weighted by Crippen LogP contribution is -2.31. The van der Waals surface area contributed by atoms with E-state index in [1.54, 1.807) is 0 Å². The summed E-state index contributed by atoms with van der Waals surface area (Å²) >= 11 is 1.85. The van der Waals surface area contributed by atoms with Crippen LogP contribution in [-0.2, 0) is 12.0 Å². The van der Waals surface area contributed by atoms with E-state index in [-0.39, 0.29) is 5.41 Å². The Labute approximate surface area is 126 Å². The molecule has 0 unspecified atom stereocenters. The molecule has 1 aromatic heterocycles. The van der Waals surface area contributed by atoms with Crippen LogP contribution < -0.4 is 5.32 Å². The molecule has 0 radical (unpaired) electrons. The maximum Gasteiger partial charge on any atom is 0.0205 e. The molecule has 106 valence electrons. The Hall–Kier alpha value is -1.12. The molecule has 20 heavy (non-hydrogen) atoms. The molecule has 3 rings (SSSR count). The van der Waals surface area contributed by atoms with Crippen LogP contribution in [0.1, 0.15) is 48.6 Å². The van der Waals surface area contributed by atoms with Gasteiger partial charge in [0.2, 0.25) is 0 Å². The first-order valence-electron chi connectivity index (χ1n) is 7.49. The average molecular weight is 285 g/mol. The number of rotatable bonds is 6. The summed E-state index contributed by atoms with van der Waals surface area (Å²) in [6.07, 6.45) is 2.75. The first-order chi connectivity index (χ1) is 9.65. The predicted octanol–water partition coefficient (Wildman–Crippen LogP) is 4.69. The van der Waals surface area contributed by atoms with Crippen LogP contribution in [0.2, 0.25) is 0 Å². The molecule has 1 aromatic carbocycles. The van der Waals surface area contributed by atoms with Gasteiger partial charge < -0.3 is 5.32 Å². The number of hydrogen-bond acceptors (Lipinski definition) is 2. The largest absolute Gasteiger partial charge is 0.312 e. The summed E-state index contributed by atoms with van der Waals surface area (Å²) in [6, 6.07) is 13.5. The predicted molar refractivity (Wildman–Crippen MR) is 87.5 cm³/mol. The highest BCUT2D eigenvalue weighted by Gasteiger charge is 2.23. The van der Waals surface area contributed by atoms with Gasteiger partial charge in [0.05, 0.1) is 0 Å². The van der Waals surface area contributed by atoms with Gasteiger partial charge in [0.25, 0.3) is 0 Å². The van der Waals surface area contributed by atoms with E-state index in [9.17, 15) is 0 Å². The second-order valence-electron chi connectivity index (χ2n) is 6.48. The smallest absolute Gasteiger partial charge is 0.0205 e. The van der Waals surface area contributed by atoms with Crippen LogP contribution >= 0.6 is 11.3 Å². The average Bonchev–Trinajstić information content (AvgIpc) is 3.13. The summed E-state index contributed by atoms with van der Waals surface area (Å²) < 4.78 is 0. The minimum atomic E-state index is 0.211. The number of thiophene rings is 1. The molecule has 0 atom stereocenters. The Morgan fingerprint density at radius 3 is 2.75 bits per heavy atom. The summed E-state index contributed by atoms with van der Waals surface area (Å²) in [5, 5.41) is 5.79. The second kappa shape index (κ2) is 5.71. The van der Waals surface area contributed by atoms with Crippen LogP contribution in [0.15, 0.2) is 41.8 Å². The molecule has 1 aliphatic carbocycles. The summed E-state index contributed by atoms with van der Waals surface area (Å²) in [5.74, 6) is 0.845. The summed E-state index contributed by atoms with van der Waals surface area (Å²) in [5.41, 5.74) is 3.15. The van der Waals surface area contributed by atoms with Crippen molar-refractivity contribution in [1.82, 2.24) is 5.32 Å². The minimum absolute atomic E-state index is 0.211. The van der Waals surface area contributed by atoms with Crippen molar-refractivity contribution in [3.05, 3.63) is 57.8 Å². The highest BCUT2D eigenvalue weighted by atomic mass is 32.1. The van der Waals surface area contributed by atoms with Gasteiger partial charge in [-0.25, -0.2) is 0 Å². The topological polar surface area (TPSA) is 12.0 Å². The molecule has 1 aliphatic rings. The molecule has 0 aliphatic heterocycles. The molecular weight excluding hydrogens is 262 g/mol. The van der Waals surface area contributed by atoms with Crippen LogP contribution in [0.5, 0.6) is 0 Å². The quantitative estimate of drug-likeness (QED) is 0.811. The van der Waals surface area contributed by atoms with Gasteiger partial charge in [-0.2, -0.15) is 0 Å². The molecule has 0 spiro atoms. The van der Waals surface area contributed by atoms with Crippen LogP contribution in [0.3, 0.4) is 0 Å². The molecule has 1 N–H and O–H groups in total. The highest BCUT2D eigenvalue weighted by Crippen LogP contribution is 2.40. The lowest BCUT2D eigenvalue weighted by molar-refractivity contribution is 0.476. The van der Waals surface area contributed by atoms with Crippen molar-refractivity contribution in [2.75, 3.05) is 6.54 Å². The number of benzene rings is 1. The monoisotopic (exact) mass is 285 g/mol. The van der Waals surface area contributed by atoms with Gasteiger partial charge in [-0.05, 0) is 41.3 Å². The van der Waals surface area contributed by atoms with E-state index in [1.807, 2.05) is 11.3 Å². The molecule has 2 heteroatoms. The maximum atomic E-state index is 3.62. The molecule has 0 saturated heterocycles. The molecule has 0 bridgehead atoms. The summed E-state index contributed by atoms with van der Waals surface area (Å²) in [4.78, 5) is 1.46. The van der Waals surface area contributed by atoms with Crippen LogP contribution in [0, 0.1) is 0 Å². The minimum Gasteiger partial charge on any atom is -0.312 e. The zero-order chi connectivity index (χ0) is 14.0. The molecule has 0 amide bonds. The highest BCUT2D eigenvalue weighted by molar-refractivity contribution is 7.10. The van der Waals surface area contributed by atoms with Crippen LogP contribution in [-0.4, -0.2) is 6.54 Å². The standard InChI is InChI=1S/C18H23NS/c1-18(2,17-7-4-10-20-17)13-19-12-14-5-3-6-16(11-14)15-8-9-15/h3-7,10-11,15,19H,8-9,12-13H2,1-2H3. The summed E-state index contributed by atoms with van der Waals surface area (Å²) in [7, 11) is 0. The SMILES string of the molecule is CC(C)(CNCc1cccc(C2CC2)c1)c1cccs1. The fraction of sp³-hybridized carbons (Fsp3) is 0.444. The van der Waals surface area contributed by atoms with Gasteiger partial charge in [0, 0.05) is 23.4 Å².